The minimum absolute atomic E-state index is 0.0812. The third-order valence-corrected chi connectivity index (χ3v) is 3.58. The molecule has 0 bridgehead atoms. The molecule has 0 atom stereocenters. The van der Waals surface area contributed by atoms with Crippen molar-refractivity contribution in [1.82, 2.24) is 15.2 Å². The molecule has 1 heterocycles. The number of aromatic nitrogens is 1. The van der Waals surface area contributed by atoms with Crippen LogP contribution in [0.25, 0.3) is 10.9 Å². The summed E-state index contributed by atoms with van der Waals surface area (Å²) in [5, 5.41) is 7.47. The van der Waals surface area contributed by atoms with Gasteiger partial charge in [-0.05, 0) is 42.1 Å². The standard InChI is InChI=1S/C17H25N3O/c1-3-5-9-19-17(21)13-20-10-8-15-11-14(12-18-4-2)6-7-16(15)20/h6-8,10-11,18H,3-5,9,12-13H2,1-2H3,(H,19,21). The summed E-state index contributed by atoms with van der Waals surface area (Å²) < 4.78 is 2.01. The Morgan fingerprint density at radius 1 is 1.24 bits per heavy atom. The molecule has 0 unspecified atom stereocenters. The lowest BCUT2D eigenvalue weighted by Gasteiger charge is -2.08. The van der Waals surface area contributed by atoms with Crippen LogP contribution < -0.4 is 10.6 Å². The minimum atomic E-state index is 0.0812. The van der Waals surface area contributed by atoms with Gasteiger partial charge in [-0.2, -0.15) is 0 Å². The van der Waals surface area contributed by atoms with Crippen LogP contribution in [0.1, 0.15) is 32.3 Å². The van der Waals surface area contributed by atoms with Gasteiger partial charge in [-0.1, -0.05) is 26.3 Å². The molecule has 2 aromatic rings. The summed E-state index contributed by atoms with van der Waals surface area (Å²) in [5.41, 5.74) is 2.38. The zero-order valence-corrected chi connectivity index (χ0v) is 13.0. The Labute approximate surface area is 126 Å². The van der Waals surface area contributed by atoms with Gasteiger partial charge in [0.1, 0.15) is 6.54 Å². The van der Waals surface area contributed by atoms with Gasteiger partial charge in [0, 0.05) is 24.8 Å². The molecule has 21 heavy (non-hydrogen) atoms. The second kappa shape index (κ2) is 7.84. The average Bonchev–Trinajstić information content (AvgIpc) is 2.88. The summed E-state index contributed by atoms with van der Waals surface area (Å²) in [6.07, 6.45) is 4.12. The first-order valence-electron chi connectivity index (χ1n) is 7.79. The van der Waals surface area contributed by atoms with Crippen molar-refractivity contribution in [2.24, 2.45) is 0 Å². The Bertz CT molecular complexity index is 589. The Kier molecular flexibility index (Phi) is 5.81. The van der Waals surface area contributed by atoms with Gasteiger partial charge in [-0.15, -0.1) is 0 Å². The van der Waals surface area contributed by atoms with Gasteiger partial charge in [0.05, 0.1) is 0 Å². The van der Waals surface area contributed by atoms with E-state index in [1.165, 1.54) is 10.9 Å². The van der Waals surface area contributed by atoms with Gasteiger partial charge < -0.3 is 15.2 Å². The molecular formula is C17H25N3O. The van der Waals surface area contributed by atoms with Gasteiger partial charge >= 0.3 is 0 Å². The number of rotatable bonds is 8. The van der Waals surface area contributed by atoms with Crippen molar-refractivity contribution in [1.29, 1.82) is 0 Å². The molecular weight excluding hydrogens is 262 g/mol. The third kappa shape index (κ3) is 4.33. The lowest BCUT2D eigenvalue weighted by molar-refractivity contribution is -0.121. The fourth-order valence-corrected chi connectivity index (χ4v) is 2.38. The van der Waals surface area contributed by atoms with Crippen LogP contribution in [-0.4, -0.2) is 23.6 Å². The van der Waals surface area contributed by atoms with Crippen molar-refractivity contribution >= 4 is 16.8 Å². The van der Waals surface area contributed by atoms with E-state index in [-0.39, 0.29) is 5.91 Å². The lowest BCUT2D eigenvalue weighted by atomic mass is 10.1. The van der Waals surface area contributed by atoms with Crippen LogP contribution >= 0.6 is 0 Å². The minimum Gasteiger partial charge on any atom is -0.355 e. The van der Waals surface area contributed by atoms with E-state index in [9.17, 15) is 4.79 Å². The molecule has 0 radical (unpaired) electrons. The highest BCUT2D eigenvalue weighted by Crippen LogP contribution is 2.17. The van der Waals surface area contributed by atoms with Crippen molar-refractivity contribution in [3.8, 4) is 0 Å². The van der Waals surface area contributed by atoms with Crippen LogP contribution in [0.15, 0.2) is 30.5 Å². The van der Waals surface area contributed by atoms with E-state index in [0.717, 1.165) is 38.0 Å². The maximum atomic E-state index is 11.9. The number of fused-ring (bicyclic) bond motifs is 1. The van der Waals surface area contributed by atoms with Crippen LogP contribution in [0, 0.1) is 0 Å². The first-order chi connectivity index (χ1) is 10.2. The molecule has 1 aromatic heterocycles. The Hall–Kier alpha value is -1.81. The zero-order valence-electron chi connectivity index (χ0n) is 13.0. The maximum Gasteiger partial charge on any atom is 0.239 e. The summed E-state index contributed by atoms with van der Waals surface area (Å²) in [6, 6.07) is 8.48. The summed E-state index contributed by atoms with van der Waals surface area (Å²) in [6.45, 7) is 7.23. The van der Waals surface area contributed by atoms with E-state index in [4.69, 9.17) is 0 Å². The van der Waals surface area contributed by atoms with Crippen LogP contribution in [0.3, 0.4) is 0 Å². The van der Waals surface area contributed by atoms with E-state index in [1.54, 1.807) is 0 Å². The zero-order chi connectivity index (χ0) is 15.1. The lowest BCUT2D eigenvalue weighted by Crippen LogP contribution is -2.28. The predicted molar refractivity (Wildman–Crippen MR) is 87.2 cm³/mol. The molecule has 0 fully saturated rings. The molecule has 114 valence electrons. The highest BCUT2D eigenvalue weighted by molar-refractivity contribution is 5.83. The molecule has 2 rings (SSSR count). The van der Waals surface area contributed by atoms with E-state index in [2.05, 4.69) is 48.7 Å². The number of unbranched alkanes of at least 4 members (excludes halogenated alkanes) is 1. The van der Waals surface area contributed by atoms with E-state index >= 15 is 0 Å². The average molecular weight is 287 g/mol. The van der Waals surface area contributed by atoms with Crippen molar-refractivity contribution in [2.75, 3.05) is 13.1 Å². The second-order valence-electron chi connectivity index (χ2n) is 5.32. The van der Waals surface area contributed by atoms with Crippen molar-refractivity contribution in [3.05, 3.63) is 36.0 Å². The molecule has 4 nitrogen and oxygen atoms in total. The Balaban J connectivity index is 2.02. The molecule has 0 aliphatic heterocycles. The van der Waals surface area contributed by atoms with Crippen LogP contribution in [0.5, 0.6) is 0 Å². The van der Waals surface area contributed by atoms with E-state index in [1.807, 2.05) is 10.8 Å². The molecule has 0 saturated heterocycles. The molecule has 1 aromatic carbocycles. The number of hydrogen-bond donors (Lipinski definition) is 2. The second-order valence-corrected chi connectivity index (χ2v) is 5.32. The van der Waals surface area contributed by atoms with Crippen LogP contribution in [0.4, 0.5) is 0 Å². The van der Waals surface area contributed by atoms with Crippen molar-refractivity contribution in [2.45, 2.75) is 39.8 Å². The van der Waals surface area contributed by atoms with Crippen LogP contribution in [-0.2, 0) is 17.9 Å². The normalized spacial score (nSPS) is 11.0. The molecule has 0 saturated carbocycles. The SMILES string of the molecule is CCCCNC(=O)Cn1ccc2cc(CNCC)ccc21. The molecule has 0 aliphatic carbocycles. The van der Waals surface area contributed by atoms with Gasteiger partial charge in [0.15, 0.2) is 0 Å². The molecule has 4 heteroatoms. The smallest absolute Gasteiger partial charge is 0.239 e. The summed E-state index contributed by atoms with van der Waals surface area (Å²) in [4.78, 5) is 11.9. The van der Waals surface area contributed by atoms with Crippen molar-refractivity contribution in [3.63, 3.8) is 0 Å². The fraction of sp³-hybridized carbons (Fsp3) is 0.471. The number of nitrogens with zero attached hydrogens (tertiary/aromatic N) is 1. The number of nitrogens with one attached hydrogen (secondary N) is 2. The monoisotopic (exact) mass is 287 g/mol. The quantitative estimate of drug-likeness (QED) is 0.733. The van der Waals surface area contributed by atoms with E-state index < -0.39 is 0 Å². The molecule has 0 spiro atoms. The predicted octanol–water partition coefficient (Wildman–Crippen LogP) is 2.67. The molecule has 1 amide bonds. The first kappa shape index (κ1) is 15.6. The third-order valence-electron chi connectivity index (χ3n) is 3.58. The molecule has 2 N–H and O–H groups in total. The maximum absolute atomic E-state index is 11.9. The van der Waals surface area contributed by atoms with Gasteiger partial charge in [0.25, 0.3) is 0 Å². The van der Waals surface area contributed by atoms with Crippen LogP contribution in [0.2, 0.25) is 0 Å². The molecule has 0 aliphatic rings. The Morgan fingerprint density at radius 2 is 2.10 bits per heavy atom. The Morgan fingerprint density at radius 3 is 2.86 bits per heavy atom. The number of benzene rings is 1. The number of carbonyl (C=O) groups is 1. The fourth-order valence-electron chi connectivity index (χ4n) is 2.38. The van der Waals surface area contributed by atoms with Crippen molar-refractivity contribution < 1.29 is 4.79 Å². The highest BCUT2D eigenvalue weighted by atomic mass is 16.1. The number of hydrogen-bond acceptors (Lipinski definition) is 2. The van der Waals surface area contributed by atoms with E-state index in [0.29, 0.717) is 6.54 Å². The summed E-state index contributed by atoms with van der Waals surface area (Å²) >= 11 is 0. The summed E-state index contributed by atoms with van der Waals surface area (Å²) in [5.74, 6) is 0.0812. The van der Waals surface area contributed by atoms with Gasteiger partial charge in [0.2, 0.25) is 5.91 Å². The van der Waals surface area contributed by atoms with Gasteiger partial charge in [-0.25, -0.2) is 0 Å². The highest BCUT2D eigenvalue weighted by Gasteiger charge is 2.06. The largest absolute Gasteiger partial charge is 0.355 e. The first-order valence-corrected chi connectivity index (χ1v) is 7.79. The topological polar surface area (TPSA) is 46.1 Å². The number of amides is 1. The summed E-state index contributed by atoms with van der Waals surface area (Å²) in [7, 11) is 0. The number of carbonyl (C=O) groups excluding carboxylic acids is 1. The van der Waals surface area contributed by atoms with Gasteiger partial charge in [-0.3, -0.25) is 4.79 Å².